The largest absolute Gasteiger partial charge is 0.476 e. The van der Waals surface area contributed by atoms with Crippen LogP contribution in [0.3, 0.4) is 0 Å². The average molecular weight is 407 g/mol. The van der Waals surface area contributed by atoms with Crippen molar-refractivity contribution in [2.45, 2.75) is 65.1 Å². The molecule has 0 amide bonds. The molecule has 0 unspecified atom stereocenters. The van der Waals surface area contributed by atoms with Gasteiger partial charge >= 0.3 is 0 Å². The minimum absolute atomic E-state index is 0.0161. The molecule has 1 aliphatic rings. The summed E-state index contributed by atoms with van der Waals surface area (Å²) in [5, 5.41) is 0. The van der Waals surface area contributed by atoms with Crippen molar-refractivity contribution in [2.75, 3.05) is 13.2 Å². The Balaban J connectivity index is 1.56. The Kier molecular flexibility index (Phi) is 7.05. The van der Waals surface area contributed by atoms with Gasteiger partial charge in [0.05, 0.1) is 18.9 Å². The predicted molar refractivity (Wildman–Crippen MR) is 107 cm³/mol. The Bertz CT molecular complexity index is 846. The molecule has 1 saturated carbocycles. The second kappa shape index (κ2) is 9.52. The maximum atomic E-state index is 14.6. The van der Waals surface area contributed by atoms with Crippen LogP contribution in [0.2, 0.25) is 0 Å². The summed E-state index contributed by atoms with van der Waals surface area (Å²) in [4.78, 5) is 19.6. The van der Waals surface area contributed by atoms with Crippen molar-refractivity contribution in [2.24, 2.45) is 13.0 Å². The monoisotopic (exact) mass is 407 g/mol. The molecule has 1 atom stereocenters. The van der Waals surface area contributed by atoms with Crippen LogP contribution in [0.5, 0.6) is 11.9 Å². The van der Waals surface area contributed by atoms with E-state index in [-0.39, 0.29) is 29.8 Å². The van der Waals surface area contributed by atoms with Crippen molar-refractivity contribution in [3.8, 4) is 11.9 Å². The van der Waals surface area contributed by atoms with Crippen molar-refractivity contribution in [3.05, 3.63) is 12.0 Å². The summed E-state index contributed by atoms with van der Waals surface area (Å²) in [7, 11) is 1.73. The smallest absolute Gasteiger partial charge is 0.297 e. The van der Waals surface area contributed by atoms with E-state index >= 15 is 0 Å². The lowest BCUT2D eigenvalue weighted by Crippen LogP contribution is -2.30. The number of aromatic nitrogens is 3. The molecule has 1 fully saturated rings. The number of carbonyl (C=O) groups excluding carboxylic acids is 1. The Morgan fingerprint density at radius 3 is 2.66 bits per heavy atom. The third kappa shape index (κ3) is 5.23. The van der Waals surface area contributed by atoms with Gasteiger partial charge in [0.15, 0.2) is 0 Å². The highest BCUT2D eigenvalue weighted by Crippen LogP contribution is 2.30. The van der Waals surface area contributed by atoms with Gasteiger partial charge in [-0.05, 0) is 45.4 Å². The van der Waals surface area contributed by atoms with Gasteiger partial charge in [0.1, 0.15) is 22.9 Å². The lowest BCUT2D eigenvalue weighted by molar-refractivity contribution is -0.118. The van der Waals surface area contributed by atoms with Crippen LogP contribution in [-0.4, -0.2) is 45.7 Å². The molecular weight excluding hydrogens is 377 g/mol. The molecule has 2 heterocycles. The lowest BCUT2D eigenvalue weighted by atomic mass is 9.95. The number of hydrogen-bond acceptors (Lipinski definition) is 6. The highest BCUT2D eigenvalue weighted by atomic mass is 19.1. The van der Waals surface area contributed by atoms with Gasteiger partial charge in [-0.1, -0.05) is 6.92 Å². The zero-order chi connectivity index (χ0) is 21.0. The van der Waals surface area contributed by atoms with Crippen LogP contribution in [0.25, 0.3) is 11.0 Å². The number of Topliss-reactive ketones (excluding diaryl/α,β-unsaturated/α-hetero) is 1. The van der Waals surface area contributed by atoms with Crippen molar-refractivity contribution < 1.29 is 23.4 Å². The molecule has 8 heteroatoms. The Morgan fingerprint density at radius 1 is 1.31 bits per heavy atom. The molecule has 0 N–H and O–H groups in total. The van der Waals surface area contributed by atoms with Crippen LogP contribution in [-0.2, 0) is 16.6 Å². The first-order valence-corrected chi connectivity index (χ1v) is 10.3. The third-order valence-electron chi connectivity index (χ3n) is 5.21. The standard InChI is InChI=1S/C21H30FN3O4/c1-5-27-20-18(22)19-17(11-23-20)24-21(25(19)4)29-16-8-6-15(7-9-16)28-12-13(2)10-14(3)26/h11,13,15-16H,5-10,12H2,1-4H3/t13-,15?,16?/m1/s1. The number of pyridine rings is 1. The molecule has 0 aliphatic heterocycles. The number of nitrogens with zero attached hydrogens (tertiary/aromatic N) is 3. The number of hydrogen-bond donors (Lipinski definition) is 0. The molecule has 2 aromatic rings. The normalized spacial score (nSPS) is 20.6. The fraction of sp³-hybridized carbons (Fsp3) is 0.667. The van der Waals surface area contributed by atoms with Crippen LogP contribution < -0.4 is 9.47 Å². The van der Waals surface area contributed by atoms with Crippen molar-refractivity contribution in [1.82, 2.24) is 14.5 Å². The van der Waals surface area contributed by atoms with Gasteiger partial charge in [-0.3, -0.25) is 4.57 Å². The number of fused-ring (bicyclic) bond motifs is 1. The molecule has 2 aromatic heterocycles. The van der Waals surface area contributed by atoms with Crippen LogP contribution in [0.1, 0.15) is 52.9 Å². The summed E-state index contributed by atoms with van der Waals surface area (Å²) in [5.41, 5.74) is 0.773. The number of ketones is 1. The van der Waals surface area contributed by atoms with Crippen LogP contribution >= 0.6 is 0 Å². The highest BCUT2D eigenvalue weighted by Gasteiger charge is 2.26. The molecular formula is C21H30FN3O4. The first kappa shape index (κ1) is 21.5. The van der Waals surface area contributed by atoms with Crippen LogP contribution in [0.4, 0.5) is 4.39 Å². The maximum absolute atomic E-state index is 14.6. The van der Waals surface area contributed by atoms with E-state index in [1.807, 2.05) is 6.92 Å². The second-order valence-electron chi connectivity index (χ2n) is 7.86. The molecule has 1 aliphatic carbocycles. The number of halogens is 1. The van der Waals surface area contributed by atoms with Gasteiger partial charge in [0, 0.05) is 20.1 Å². The van der Waals surface area contributed by atoms with Crippen molar-refractivity contribution in [3.63, 3.8) is 0 Å². The number of imidazole rings is 1. The number of aryl methyl sites for hydroxylation is 1. The van der Waals surface area contributed by atoms with Crippen LogP contribution in [0.15, 0.2) is 6.20 Å². The van der Waals surface area contributed by atoms with Crippen molar-refractivity contribution in [1.29, 1.82) is 0 Å². The average Bonchev–Trinajstić information content (AvgIpc) is 2.99. The third-order valence-corrected chi connectivity index (χ3v) is 5.21. The number of rotatable bonds is 9. The van der Waals surface area contributed by atoms with Gasteiger partial charge < -0.3 is 19.0 Å². The van der Waals surface area contributed by atoms with E-state index in [0.29, 0.717) is 36.7 Å². The van der Waals surface area contributed by atoms with E-state index in [1.54, 1.807) is 25.5 Å². The molecule has 0 spiro atoms. The molecule has 0 aromatic carbocycles. The maximum Gasteiger partial charge on any atom is 0.297 e. The quantitative estimate of drug-likeness (QED) is 0.629. The summed E-state index contributed by atoms with van der Waals surface area (Å²) < 4.78 is 33.5. The fourth-order valence-corrected chi connectivity index (χ4v) is 3.78. The highest BCUT2D eigenvalue weighted by molar-refractivity contribution is 5.77. The van der Waals surface area contributed by atoms with E-state index in [4.69, 9.17) is 14.2 Å². The van der Waals surface area contributed by atoms with Gasteiger partial charge in [0.25, 0.3) is 11.9 Å². The van der Waals surface area contributed by atoms with E-state index in [9.17, 15) is 9.18 Å². The number of carbonyl (C=O) groups is 1. The molecule has 3 rings (SSSR count). The SMILES string of the molecule is CCOc1ncc2nc(OC3CCC(OC[C@H](C)CC(C)=O)CC3)n(C)c2c1F. The molecule has 7 nitrogen and oxygen atoms in total. The lowest BCUT2D eigenvalue weighted by Gasteiger charge is -2.29. The fourth-order valence-electron chi connectivity index (χ4n) is 3.78. The van der Waals surface area contributed by atoms with E-state index in [0.717, 1.165) is 25.7 Å². The van der Waals surface area contributed by atoms with Crippen molar-refractivity contribution >= 4 is 16.8 Å². The van der Waals surface area contributed by atoms with E-state index < -0.39 is 5.82 Å². The van der Waals surface area contributed by atoms with E-state index in [1.165, 1.54) is 6.20 Å². The minimum Gasteiger partial charge on any atom is -0.476 e. The predicted octanol–water partition coefficient (Wildman–Crippen LogP) is 3.83. The summed E-state index contributed by atoms with van der Waals surface area (Å²) >= 11 is 0. The Hall–Kier alpha value is -2.22. The second-order valence-corrected chi connectivity index (χ2v) is 7.86. The summed E-state index contributed by atoms with van der Waals surface area (Å²) in [5.74, 6) is -0.107. The van der Waals surface area contributed by atoms with Gasteiger partial charge in [0.2, 0.25) is 5.82 Å². The van der Waals surface area contributed by atoms with Gasteiger partial charge in [-0.2, -0.15) is 9.37 Å². The Labute approximate surface area is 170 Å². The minimum atomic E-state index is -0.522. The first-order chi connectivity index (χ1) is 13.9. The zero-order valence-electron chi connectivity index (χ0n) is 17.6. The summed E-state index contributed by atoms with van der Waals surface area (Å²) in [6, 6.07) is 0.383. The molecule has 0 bridgehead atoms. The number of ether oxygens (including phenoxy) is 3. The van der Waals surface area contributed by atoms with Gasteiger partial charge in [-0.15, -0.1) is 0 Å². The first-order valence-electron chi connectivity index (χ1n) is 10.3. The molecule has 0 radical (unpaired) electrons. The Morgan fingerprint density at radius 2 is 2.00 bits per heavy atom. The molecule has 29 heavy (non-hydrogen) atoms. The molecule has 0 saturated heterocycles. The summed E-state index contributed by atoms with van der Waals surface area (Å²) in [6.07, 6.45) is 5.75. The zero-order valence-corrected chi connectivity index (χ0v) is 17.6. The summed E-state index contributed by atoms with van der Waals surface area (Å²) in [6.45, 7) is 6.38. The topological polar surface area (TPSA) is 75.5 Å². The molecule has 160 valence electrons. The van der Waals surface area contributed by atoms with Gasteiger partial charge in [-0.25, -0.2) is 4.98 Å². The van der Waals surface area contributed by atoms with E-state index in [2.05, 4.69) is 9.97 Å². The van der Waals surface area contributed by atoms with Crippen LogP contribution in [0, 0.1) is 11.7 Å².